The van der Waals surface area contributed by atoms with E-state index in [4.69, 9.17) is 0 Å². The summed E-state index contributed by atoms with van der Waals surface area (Å²) in [5.74, 6) is -0.148. The predicted molar refractivity (Wildman–Crippen MR) is 102 cm³/mol. The molecule has 136 valence electrons. The number of rotatable bonds is 2. The molecule has 2 unspecified atom stereocenters. The zero-order chi connectivity index (χ0) is 18.4. The molecule has 1 aliphatic heterocycles. The minimum Gasteiger partial charge on any atom is -0.332 e. The lowest BCUT2D eigenvalue weighted by Gasteiger charge is -2.38. The van der Waals surface area contributed by atoms with Crippen molar-refractivity contribution in [3.63, 3.8) is 0 Å². The van der Waals surface area contributed by atoms with E-state index < -0.39 is 0 Å². The van der Waals surface area contributed by atoms with Crippen molar-refractivity contribution in [3.05, 3.63) is 46.9 Å². The quantitative estimate of drug-likeness (QED) is 0.642. The third-order valence-electron chi connectivity index (χ3n) is 5.32. The summed E-state index contributed by atoms with van der Waals surface area (Å²) < 4.78 is 15.1. The number of aryl methyl sites for hydroxylation is 1. The van der Waals surface area contributed by atoms with E-state index in [1.807, 2.05) is 22.4 Å². The Bertz CT molecular complexity index is 950. The second-order valence-corrected chi connectivity index (χ2v) is 8.12. The molecule has 1 aromatic carbocycles. The molecule has 1 fully saturated rings. The number of benzene rings is 1. The van der Waals surface area contributed by atoms with Gasteiger partial charge in [-0.2, -0.15) is 0 Å². The van der Waals surface area contributed by atoms with Gasteiger partial charge in [-0.3, -0.25) is 9.20 Å². The van der Waals surface area contributed by atoms with Crippen molar-refractivity contribution < 1.29 is 9.18 Å². The van der Waals surface area contributed by atoms with Gasteiger partial charge in [-0.05, 0) is 64.3 Å². The number of hydrogen-bond donors (Lipinski definition) is 0. The van der Waals surface area contributed by atoms with Gasteiger partial charge in [0.25, 0.3) is 5.91 Å². The molecule has 1 saturated heterocycles. The second kappa shape index (κ2) is 6.50. The van der Waals surface area contributed by atoms with Crippen molar-refractivity contribution in [1.82, 2.24) is 14.3 Å². The largest absolute Gasteiger partial charge is 0.332 e. The number of halogens is 1. The van der Waals surface area contributed by atoms with Crippen LogP contribution in [0.25, 0.3) is 16.2 Å². The van der Waals surface area contributed by atoms with Gasteiger partial charge >= 0.3 is 0 Å². The lowest BCUT2D eigenvalue weighted by atomic mass is 9.97. The number of piperidine rings is 1. The topological polar surface area (TPSA) is 37.6 Å². The van der Waals surface area contributed by atoms with Gasteiger partial charge in [0, 0.05) is 29.5 Å². The van der Waals surface area contributed by atoms with Crippen LogP contribution in [0.1, 0.15) is 48.5 Å². The van der Waals surface area contributed by atoms with E-state index in [1.165, 1.54) is 29.9 Å². The first-order chi connectivity index (χ1) is 12.5. The maximum absolute atomic E-state index is 13.2. The molecule has 4 rings (SSSR count). The van der Waals surface area contributed by atoms with Gasteiger partial charge in [-0.25, -0.2) is 9.37 Å². The number of likely N-dealkylation sites (tertiary alicyclic amines) is 1. The number of imidazole rings is 1. The van der Waals surface area contributed by atoms with E-state index in [0.29, 0.717) is 0 Å². The van der Waals surface area contributed by atoms with Crippen molar-refractivity contribution in [1.29, 1.82) is 0 Å². The van der Waals surface area contributed by atoms with E-state index in [-0.39, 0.29) is 23.8 Å². The number of carbonyl (C=O) groups is 1. The molecule has 0 saturated carbocycles. The minimum absolute atomic E-state index is 0.112. The highest BCUT2D eigenvalue weighted by Crippen LogP contribution is 2.31. The van der Waals surface area contributed by atoms with Crippen LogP contribution in [0.3, 0.4) is 0 Å². The fourth-order valence-electron chi connectivity index (χ4n) is 3.85. The Morgan fingerprint density at radius 1 is 1.19 bits per heavy atom. The monoisotopic (exact) mass is 371 g/mol. The molecule has 3 aromatic rings. The summed E-state index contributed by atoms with van der Waals surface area (Å²) in [6.07, 6.45) is 5.23. The third-order valence-corrected chi connectivity index (χ3v) is 6.46. The normalized spacial score (nSPS) is 20.7. The third kappa shape index (κ3) is 2.82. The van der Waals surface area contributed by atoms with Gasteiger partial charge in [0.1, 0.15) is 10.7 Å². The van der Waals surface area contributed by atoms with Crippen molar-refractivity contribution in [3.8, 4) is 11.3 Å². The number of nitrogens with zero attached hydrogens (tertiary/aromatic N) is 3. The molecule has 0 N–H and O–H groups in total. The van der Waals surface area contributed by atoms with Crippen molar-refractivity contribution in [2.75, 3.05) is 0 Å². The summed E-state index contributed by atoms with van der Waals surface area (Å²) in [6, 6.07) is 6.86. The van der Waals surface area contributed by atoms with Crippen LogP contribution < -0.4 is 0 Å². The molecule has 4 nitrogen and oxygen atoms in total. The molecule has 3 heterocycles. The average Bonchev–Trinajstić information content (AvgIpc) is 3.15. The van der Waals surface area contributed by atoms with E-state index in [9.17, 15) is 9.18 Å². The van der Waals surface area contributed by atoms with Crippen LogP contribution in [-0.4, -0.2) is 32.3 Å². The first-order valence-corrected chi connectivity index (χ1v) is 9.84. The number of carbonyl (C=O) groups excluding carboxylic acids is 1. The molecule has 0 bridgehead atoms. The summed E-state index contributed by atoms with van der Waals surface area (Å²) >= 11 is 1.43. The first kappa shape index (κ1) is 17.2. The molecule has 1 aliphatic rings. The van der Waals surface area contributed by atoms with Gasteiger partial charge in [0.15, 0.2) is 4.96 Å². The Balaban J connectivity index is 1.69. The van der Waals surface area contributed by atoms with Gasteiger partial charge in [-0.15, -0.1) is 0 Å². The first-order valence-electron chi connectivity index (χ1n) is 9.03. The van der Waals surface area contributed by atoms with Crippen LogP contribution in [0.15, 0.2) is 30.5 Å². The van der Waals surface area contributed by atoms with Crippen LogP contribution in [0.2, 0.25) is 0 Å². The Kier molecular flexibility index (Phi) is 4.31. The number of fused-ring (bicyclic) bond motifs is 1. The highest BCUT2D eigenvalue weighted by atomic mass is 32.1. The van der Waals surface area contributed by atoms with Crippen LogP contribution in [-0.2, 0) is 0 Å². The maximum atomic E-state index is 13.2. The Hall–Kier alpha value is -2.21. The van der Waals surface area contributed by atoms with E-state index in [1.54, 1.807) is 12.1 Å². The number of amides is 1. The van der Waals surface area contributed by atoms with Gasteiger partial charge in [-0.1, -0.05) is 11.3 Å². The molecule has 26 heavy (non-hydrogen) atoms. The highest BCUT2D eigenvalue weighted by molar-refractivity contribution is 7.19. The summed E-state index contributed by atoms with van der Waals surface area (Å²) in [7, 11) is 0. The van der Waals surface area contributed by atoms with Gasteiger partial charge < -0.3 is 4.90 Å². The summed E-state index contributed by atoms with van der Waals surface area (Å²) in [4.78, 5) is 21.4. The van der Waals surface area contributed by atoms with Crippen molar-refractivity contribution in [2.24, 2.45) is 0 Å². The summed E-state index contributed by atoms with van der Waals surface area (Å²) in [5.41, 5.74) is 2.58. The molecule has 6 heteroatoms. The molecule has 2 atom stereocenters. The van der Waals surface area contributed by atoms with Gasteiger partial charge in [0.2, 0.25) is 0 Å². The van der Waals surface area contributed by atoms with Crippen molar-refractivity contribution in [2.45, 2.75) is 52.1 Å². The lowest BCUT2D eigenvalue weighted by Crippen LogP contribution is -2.47. The van der Waals surface area contributed by atoms with Crippen molar-refractivity contribution >= 4 is 22.2 Å². The molecular formula is C20H22FN3OS. The number of thiazole rings is 1. The summed E-state index contributed by atoms with van der Waals surface area (Å²) in [5, 5.41) is 0. The predicted octanol–water partition coefficient (Wildman–Crippen LogP) is 4.91. The van der Waals surface area contributed by atoms with Crippen LogP contribution >= 0.6 is 11.3 Å². The maximum Gasteiger partial charge on any atom is 0.266 e. The standard InChI is InChI=1S/C20H22FN3OS/c1-12-5-4-6-13(2)24(12)19(25)18-14(3)23-11-17(22-20(23)26-18)15-7-9-16(21)10-8-15/h7-13H,4-6H2,1-3H3. The zero-order valence-corrected chi connectivity index (χ0v) is 16.0. The molecule has 0 spiro atoms. The lowest BCUT2D eigenvalue weighted by molar-refractivity contribution is 0.0515. The van der Waals surface area contributed by atoms with Crippen LogP contribution in [0.4, 0.5) is 4.39 Å². The summed E-state index contributed by atoms with van der Waals surface area (Å²) in [6.45, 7) is 6.23. The number of hydrogen-bond acceptors (Lipinski definition) is 3. The minimum atomic E-state index is -0.261. The average molecular weight is 371 g/mol. The SMILES string of the molecule is Cc1c(C(=O)N2C(C)CCCC2C)sc2nc(-c3ccc(F)cc3)cn12. The van der Waals surface area contributed by atoms with Crippen LogP contribution in [0, 0.1) is 12.7 Å². The Morgan fingerprint density at radius 2 is 1.85 bits per heavy atom. The fraction of sp³-hybridized carbons (Fsp3) is 0.400. The molecule has 2 aromatic heterocycles. The van der Waals surface area contributed by atoms with Crippen LogP contribution in [0.5, 0.6) is 0 Å². The Labute approximate surface area is 156 Å². The van der Waals surface area contributed by atoms with E-state index in [0.717, 1.165) is 39.6 Å². The highest BCUT2D eigenvalue weighted by Gasteiger charge is 2.32. The van der Waals surface area contributed by atoms with Gasteiger partial charge in [0.05, 0.1) is 5.69 Å². The fourth-order valence-corrected chi connectivity index (χ4v) is 4.90. The number of aromatic nitrogens is 2. The molecule has 1 amide bonds. The molecular weight excluding hydrogens is 349 g/mol. The van der Waals surface area contributed by atoms with E-state index >= 15 is 0 Å². The smallest absolute Gasteiger partial charge is 0.266 e. The Morgan fingerprint density at radius 3 is 2.46 bits per heavy atom. The zero-order valence-electron chi connectivity index (χ0n) is 15.2. The molecule has 0 radical (unpaired) electrons. The second-order valence-electron chi connectivity index (χ2n) is 7.14. The molecule has 0 aliphatic carbocycles. The van der Waals surface area contributed by atoms with E-state index in [2.05, 4.69) is 18.8 Å².